The molecular weight excluding hydrogens is 222 g/mol. The van der Waals surface area contributed by atoms with E-state index >= 15 is 0 Å². The molecule has 100 valence electrons. The zero-order valence-corrected chi connectivity index (χ0v) is 10.6. The molecule has 0 saturated heterocycles. The largest absolute Gasteiger partial charge is 0.481 e. The van der Waals surface area contributed by atoms with Gasteiger partial charge < -0.3 is 20.6 Å². The van der Waals surface area contributed by atoms with Crippen molar-refractivity contribution < 1.29 is 20.1 Å². The minimum absolute atomic E-state index is 0.315. The number of hydrogen-bond donors (Lipinski definition) is 4. The van der Waals surface area contributed by atoms with Gasteiger partial charge in [-0.25, -0.2) is 0 Å². The van der Waals surface area contributed by atoms with Gasteiger partial charge in [0.05, 0.1) is 17.1 Å². The molecule has 0 heterocycles. The molecule has 0 spiro atoms. The lowest BCUT2D eigenvalue weighted by molar-refractivity contribution is -0.144. The molecule has 1 saturated carbocycles. The van der Waals surface area contributed by atoms with E-state index in [4.69, 9.17) is 5.11 Å². The minimum atomic E-state index is -0.822. The quantitative estimate of drug-likeness (QED) is 0.561. The van der Waals surface area contributed by atoms with E-state index in [1.54, 1.807) is 13.8 Å². The second-order valence-corrected chi connectivity index (χ2v) is 5.75. The topological polar surface area (TPSA) is 89.8 Å². The lowest BCUT2D eigenvalue weighted by atomic mass is 9.79. The Morgan fingerprint density at radius 3 is 2.35 bits per heavy atom. The van der Waals surface area contributed by atoms with Crippen molar-refractivity contribution in [2.75, 3.05) is 13.1 Å². The summed E-state index contributed by atoms with van der Waals surface area (Å²) in [6.45, 7) is 4.22. The van der Waals surface area contributed by atoms with E-state index in [1.807, 2.05) is 0 Å². The Hall–Kier alpha value is -0.650. The number of aliphatic hydroxyl groups is 2. The SMILES string of the molecule is CC(C)(O)CNCC1(O)CCC(C(=O)O)CC1. The van der Waals surface area contributed by atoms with Crippen LogP contribution in [-0.4, -0.2) is 45.6 Å². The molecule has 0 amide bonds. The van der Waals surface area contributed by atoms with Crippen LogP contribution in [0.1, 0.15) is 39.5 Å². The van der Waals surface area contributed by atoms with E-state index in [9.17, 15) is 15.0 Å². The number of aliphatic carboxylic acids is 1. The van der Waals surface area contributed by atoms with Gasteiger partial charge in [0.2, 0.25) is 0 Å². The van der Waals surface area contributed by atoms with Crippen LogP contribution in [0.4, 0.5) is 0 Å². The van der Waals surface area contributed by atoms with Gasteiger partial charge in [-0.1, -0.05) is 0 Å². The molecule has 1 rings (SSSR count). The highest BCUT2D eigenvalue weighted by molar-refractivity contribution is 5.70. The fourth-order valence-electron chi connectivity index (χ4n) is 2.18. The van der Waals surface area contributed by atoms with Gasteiger partial charge in [-0.05, 0) is 39.5 Å². The first-order valence-electron chi connectivity index (χ1n) is 6.10. The molecule has 17 heavy (non-hydrogen) atoms. The molecule has 0 radical (unpaired) electrons. The fraction of sp³-hybridized carbons (Fsp3) is 0.917. The average molecular weight is 245 g/mol. The summed E-state index contributed by atoms with van der Waals surface area (Å²) in [6.07, 6.45) is 2.05. The number of carboxylic acid groups (broad SMARTS) is 1. The smallest absolute Gasteiger partial charge is 0.306 e. The van der Waals surface area contributed by atoms with E-state index in [2.05, 4.69) is 5.32 Å². The van der Waals surface area contributed by atoms with Crippen LogP contribution in [0.5, 0.6) is 0 Å². The average Bonchev–Trinajstić information content (AvgIpc) is 2.15. The van der Waals surface area contributed by atoms with Crippen molar-refractivity contribution >= 4 is 5.97 Å². The predicted molar refractivity (Wildman–Crippen MR) is 63.7 cm³/mol. The summed E-state index contributed by atoms with van der Waals surface area (Å²) < 4.78 is 0. The third-order valence-electron chi connectivity index (χ3n) is 3.28. The molecule has 0 aromatic heterocycles. The Labute approximate surface area is 102 Å². The maximum atomic E-state index is 10.8. The Morgan fingerprint density at radius 1 is 1.41 bits per heavy atom. The third kappa shape index (κ3) is 5.02. The van der Waals surface area contributed by atoms with Crippen LogP contribution in [0, 0.1) is 5.92 Å². The maximum absolute atomic E-state index is 10.8. The highest BCUT2D eigenvalue weighted by atomic mass is 16.4. The molecule has 0 unspecified atom stereocenters. The van der Waals surface area contributed by atoms with Crippen molar-refractivity contribution in [2.24, 2.45) is 5.92 Å². The molecule has 1 fully saturated rings. The van der Waals surface area contributed by atoms with Crippen molar-refractivity contribution in [3.8, 4) is 0 Å². The number of hydrogen-bond acceptors (Lipinski definition) is 4. The standard InChI is InChI=1S/C12H23NO4/c1-11(2,16)7-13-8-12(17)5-3-9(4-6-12)10(14)15/h9,13,16-17H,3-8H2,1-2H3,(H,14,15). The van der Waals surface area contributed by atoms with Crippen LogP contribution in [0.25, 0.3) is 0 Å². The second kappa shape index (κ2) is 5.33. The Bertz CT molecular complexity index is 264. The van der Waals surface area contributed by atoms with E-state index in [1.165, 1.54) is 0 Å². The summed E-state index contributed by atoms with van der Waals surface area (Å²) in [5.41, 5.74) is -1.62. The summed E-state index contributed by atoms with van der Waals surface area (Å²) in [5, 5.41) is 31.6. The lowest BCUT2D eigenvalue weighted by Gasteiger charge is -2.35. The molecule has 1 aliphatic carbocycles. The van der Waals surface area contributed by atoms with E-state index in [-0.39, 0.29) is 5.92 Å². The fourth-order valence-corrected chi connectivity index (χ4v) is 2.18. The normalized spacial score (nSPS) is 30.2. The van der Waals surface area contributed by atoms with Gasteiger partial charge >= 0.3 is 5.97 Å². The highest BCUT2D eigenvalue weighted by Crippen LogP contribution is 2.31. The van der Waals surface area contributed by atoms with Crippen LogP contribution in [0.15, 0.2) is 0 Å². The monoisotopic (exact) mass is 245 g/mol. The van der Waals surface area contributed by atoms with Gasteiger partial charge in [-0.15, -0.1) is 0 Å². The predicted octanol–water partition coefficient (Wildman–Crippen LogP) is 0.353. The van der Waals surface area contributed by atoms with Gasteiger partial charge in [0.1, 0.15) is 0 Å². The summed E-state index contributed by atoms with van der Waals surface area (Å²) in [7, 11) is 0. The Morgan fingerprint density at radius 2 is 1.94 bits per heavy atom. The number of carboxylic acids is 1. The van der Waals surface area contributed by atoms with Crippen molar-refractivity contribution in [1.29, 1.82) is 0 Å². The number of carbonyl (C=O) groups is 1. The number of nitrogens with one attached hydrogen (secondary N) is 1. The van der Waals surface area contributed by atoms with Crippen LogP contribution in [0.3, 0.4) is 0 Å². The van der Waals surface area contributed by atoms with Gasteiger partial charge in [0, 0.05) is 13.1 Å². The first kappa shape index (κ1) is 14.4. The minimum Gasteiger partial charge on any atom is -0.481 e. The van der Waals surface area contributed by atoms with Gasteiger partial charge in [-0.3, -0.25) is 4.79 Å². The molecule has 5 heteroatoms. The first-order chi connectivity index (χ1) is 7.72. The molecule has 1 aliphatic rings. The Balaban J connectivity index is 2.32. The number of rotatable bonds is 5. The van der Waals surface area contributed by atoms with Crippen LogP contribution < -0.4 is 5.32 Å². The zero-order valence-electron chi connectivity index (χ0n) is 10.6. The summed E-state index contributed by atoms with van der Waals surface area (Å²) >= 11 is 0. The third-order valence-corrected chi connectivity index (χ3v) is 3.28. The molecule has 0 aromatic carbocycles. The molecule has 0 bridgehead atoms. The Kier molecular flexibility index (Phi) is 4.52. The van der Waals surface area contributed by atoms with E-state index < -0.39 is 17.2 Å². The van der Waals surface area contributed by atoms with E-state index in [0.717, 1.165) is 0 Å². The van der Waals surface area contributed by atoms with Crippen LogP contribution in [-0.2, 0) is 4.79 Å². The molecule has 0 atom stereocenters. The van der Waals surface area contributed by atoms with Gasteiger partial charge in [0.15, 0.2) is 0 Å². The summed E-state index contributed by atoms with van der Waals surface area (Å²) in [5.74, 6) is -1.08. The molecular formula is C12H23NO4. The summed E-state index contributed by atoms with van der Waals surface area (Å²) in [6, 6.07) is 0. The van der Waals surface area contributed by atoms with Gasteiger partial charge in [0.25, 0.3) is 0 Å². The van der Waals surface area contributed by atoms with Crippen molar-refractivity contribution in [3.05, 3.63) is 0 Å². The van der Waals surface area contributed by atoms with Crippen LogP contribution >= 0.6 is 0 Å². The first-order valence-corrected chi connectivity index (χ1v) is 6.10. The maximum Gasteiger partial charge on any atom is 0.306 e. The lowest BCUT2D eigenvalue weighted by Crippen LogP contribution is -2.47. The molecule has 0 aromatic rings. The van der Waals surface area contributed by atoms with Crippen molar-refractivity contribution in [2.45, 2.75) is 50.7 Å². The molecule has 5 nitrogen and oxygen atoms in total. The van der Waals surface area contributed by atoms with E-state index in [0.29, 0.717) is 38.8 Å². The highest BCUT2D eigenvalue weighted by Gasteiger charge is 2.35. The molecule has 0 aliphatic heterocycles. The zero-order chi connectivity index (χ0) is 13.1. The van der Waals surface area contributed by atoms with Crippen LogP contribution in [0.2, 0.25) is 0 Å². The summed E-state index contributed by atoms with van der Waals surface area (Å²) in [4.78, 5) is 10.8. The van der Waals surface area contributed by atoms with Crippen molar-refractivity contribution in [3.63, 3.8) is 0 Å². The molecule has 4 N–H and O–H groups in total. The van der Waals surface area contributed by atoms with Gasteiger partial charge in [-0.2, -0.15) is 0 Å². The second-order valence-electron chi connectivity index (χ2n) is 5.75. The van der Waals surface area contributed by atoms with Crippen molar-refractivity contribution in [1.82, 2.24) is 5.32 Å².